The Morgan fingerprint density at radius 2 is 2.19 bits per heavy atom. The van der Waals surface area contributed by atoms with Crippen LogP contribution in [0.2, 0.25) is 0 Å². The Morgan fingerprint density at radius 1 is 1.38 bits per heavy atom. The van der Waals surface area contributed by atoms with E-state index in [1.165, 1.54) is 0 Å². The second kappa shape index (κ2) is 5.87. The molecule has 1 aliphatic heterocycles. The molecule has 0 radical (unpaired) electrons. The van der Waals surface area contributed by atoms with Gasteiger partial charge in [-0.15, -0.1) is 0 Å². The number of halogens is 2. The monoisotopic (exact) mass is 295 g/mol. The maximum atomic E-state index is 12.4. The van der Waals surface area contributed by atoms with Gasteiger partial charge in [0.25, 0.3) is 0 Å². The zero-order valence-electron chi connectivity index (χ0n) is 11.9. The Morgan fingerprint density at radius 3 is 2.95 bits per heavy atom. The van der Waals surface area contributed by atoms with Gasteiger partial charge in [0, 0.05) is 32.1 Å². The first-order valence-electron chi connectivity index (χ1n) is 7.21. The number of aliphatic imine (C=N–C) groups is 1. The van der Waals surface area contributed by atoms with Crippen molar-refractivity contribution < 1.29 is 13.5 Å². The number of nitrogens with one attached hydrogen (secondary N) is 1. The van der Waals surface area contributed by atoms with E-state index in [2.05, 4.69) is 19.9 Å². The molecule has 114 valence electrons. The molecule has 1 heterocycles. The van der Waals surface area contributed by atoms with Gasteiger partial charge in [0.1, 0.15) is 5.75 Å². The van der Waals surface area contributed by atoms with Gasteiger partial charge in [0.2, 0.25) is 0 Å². The van der Waals surface area contributed by atoms with Crippen LogP contribution in [-0.4, -0.2) is 43.6 Å². The maximum Gasteiger partial charge on any atom is 0.387 e. The molecular formula is C15H19F2N3O. The second-order valence-electron chi connectivity index (χ2n) is 5.49. The van der Waals surface area contributed by atoms with Gasteiger partial charge in [-0.05, 0) is 24.5 Å². The first-order chi connectivity index (χ1) is 10.1. The van der Waals surface area contributed by atoms with Crippen molar-refractivity contribution in [1.29, 1.82) is 0 Å². The molecule has 0 spiro atoms. The molecule has 4 nitrogen and oxygen atoms in total. The highest BCUT2D eigenvalue weighted by Gasteiger charge is 2.41. The number of hydrogen-bond donors (Lipinski definition) is 1. The molecule has 2 aliphatic rings. The van der Waals surface area contributed by atoms with Gasteiger partial charge in [0.15, 0.2) is 5.96 Å². The molecule has 21 heavy (non-hydrogen) atoms. The Bertz CT molecular complexity index is 535. The fraction of sp³-hybridized carbons (Fsp3) is 0.533. The first kappa shape index (κ1) is 14.1. The number of hydrogen-bond acceptors (Lipinski definition) is 4. The molecule has 1 N–H and O–H groups in total. The third-order valence-corrected chi connectivity index (χ3v) is 3.91. The van der Waals surface area contributed by atoms with E-state index in [1.807, 2.05) is 19.2 Å². The minimum absolute atomic E-state index is 0.206. The molecule has 1 fully saturated rings. The molecule has 0 bridgehead atoms. The molecule has 3 rings (SSSR count). The van der Waals surface area contributed by atoms with Crippen LogP contribution < -0.4 is 10.1 Å². The largest absolute Gasteiger partial charge is 0.435 e. The molecule has 0 unspecified atom stereocenters. The Labute approximate surface area is 122 Å². The van der Waals surface area contributed by atoms with Crippen LogP contribution in [0.3, 0.4) is 0 Å². The van der Waals surface area contributed by atoms with Crippen molar-refractivity contribution in [2.75, 3.05) is 20.1 Å². The van der Waals surface area contributed by atoms with Crippen molar-refractivity contribution in [3.63, 3.8) is 0 Å². The second-order valence-corrected chi connectivity index (χ2v) is 5.49. The molecule has 0 amide bonds. The predicted octanol–water partition coefficient (Wildman–Crippen LogP) is 2.43. The maximum absolute atomic E-state index is 12.4. The summed E-state index contributed by atoms with van der Waals surface area (Å²) in [6.45, 7) is -0.950. The van der Waals surface area contributed by atoms with Crippen LogP contribution in [0, 0.1) is 0 Å². The first-order valence-corrected chi connectivity index (χ1v) is 7.21. The molecule has 0 saturated heterocycles. The zero-order valence-corrected chi connectivity index (χ0v) is 11.9. The number of rotatable bonds is 4. The molecule has 6 heteroatoms. The smallest absolute Gasteiger partial charge is 0.387 e. The van der Waals surface area contributed by atoms with E-state index in [-0.39, 0.29) is 17.7 Å². The fourth-order valence-corrected chi connectivity index (χ4v) is 2.73. The summed E-state index contributed by atoms with van der Waals surface area (Å²) >= 11 is 0. The highest BCUT2D eigenvalue weighted by Crippen LogP contribution is 2.45. The summed E-state index contributed by atoms with van der Waals surface area (Å²) in [5, 5.41) is 3.40. The van der Waals surface area contributed by atoms with Crippen LogP contribution in [0.1, 0.15) is 24.3 Å². The molecule has 2 atom stereocenters. The molecular weight excluding hydrogens is 276 g/mol. The van der Waals surface area contributed by atoms with E-state index < -0.39 is 6.61 Å². The molecule has 1 aromatic carbocycles. The third-order valence-electron chi connectivity index (χ3n) is 3.91. The minimum atomic E-state index is -2.79. The van der Waals surface area contributed by atoms with Gasteiger partial charge in [-0.1, -0.05) is 18.2 Å². The summed E-state index contributed by atoms with van der Waals surface area (Å²) in [5.41, 5.74) is 0.842. The minimum Gasteiger partial charge on any atom is -0.435 e. The highest BCUT2D eigenvalue weighted by molar-refractivity contribution is 5.81. The lowest BCUT2D eigenvalue weighted by Crippen LogP contribution is -2.43. The molecule has 0 aromatic heterocycles. The number of ether oxygens (including phenoxy) is 1. The predicted molar refractivity (Wildman–Crippen MR) is 76.9 cm³/mol. The van der Waals surface area contributed by atoms with E-state index in [0.29, 0.717) is 0 Å². The van der Waals surface area contributed by atoms with Crippen LogP contribution in [0.4, 0.5) is 8.78 Å². The Balaban J connectivity index is 1.66. The lowest BCUT2D eigenvalue weighted by molar-refractivity contribution is -0.0504. The number of para-hydroxylation sites is 1. The van der Waals surface area contributed by atoms with Gasteiger partial charge in [-0.3, -0.25) is 4.99 Å². The van der Waals surface area contributed by atoms with Crippen molar-refractivity contribution in [3.05, 3.63) is 29.8 Å². The van der Waals surface area contributed by atoms with E-state index in [9.17, 15) is 8.78 Å². The van der Waals surface area contributed by atoms with E-state index in [1.54, 1.807) is 12.1 Å². The number of guanidine groups is 1. The fourth-order valence-electron chi connectivity index (χ4n) is 2.73. The standard InChI is InChI=1S/C15H19F2N3O/c1-20-8-4-7-18-15(20)19-12-9-11(12)10-5-2-3-6-13(10)21-14(16)17/h2-3,5-6,11-12,14H,4,7-9H2,1H3,(H,18,19)/t11-,12+/m1/s1. The lowest BCUT2D eigenvalue weighted by atomic mass is 10.1. The summed E-state index contributed by atoms with van der Waals surface area (Å²) in [5.74, 6) is 1.39. The summed E-state index contributed by atoms with van der Waals surface area (Å²) in [6, 6.07) is 7.27. The summed E-state index contributed by atoms with van der Waals surface area (Å²) in [6.07, 6.45) is 1.98. The average Bonchev–Trinajstić information content (AvgIpc) is 3.20. The van der Waals surface area contributed by atoms with Crippen LogP contribution in [0.25, 0.3) is 0 Å². The quantitative estimate of drug-likeness (QED) is 0.927. The van der Waals surface area contributed by atoms with Crippen molar-refractivity contribution in [3.8, 4) is 5.75 Å². The number of nitrogens with zero attached hydrogens (tertiary/aromatic N) is 2. The average molecular weight is 295 g/mol. The summed E-state index contributed by atoms with van der Waals surface area (Å²) < 4.78 is 29.5. The van der Waals surface area contributed by atoms with Crippen LogP contribution in [0.5, 0.6) is 5.75 Å². The molecule has 1 aromatic rings. The van der Waals surface area contributed by atoms with Crippen LogP contribution in [-0.2, 0) is 0 Å². The van der Waals surface area contributed by atoms with E-state index >= 15 is 0 Å². The van der Waals surface area contributed by atoms with Crippen molar-refractivity contribution in [2.45, 2.75) is 31.4 Å². The molecule has 1 aliphatic carbocycles. The Hall–Kier alpha value is -1.85. The normalized spacial score (nSPS) is 24.8. The van der Waals surface area contributed by atoms with Crippen LogP contribution in [0.15, 0.2) is 29.3 Å². The van der Waals surface area contributed by atoms with Gasteiger partial charge >= 0.3 is 6.61 Å². The molecule has 1 saturated carbocycles. The van der Waals surface area contributed by atoms with E-state index in [0.717, 1.165) is 37.5 Å². The van der Waals surface area contributed by atoms with Crippen LogP contribution >= 0.6 is 0 Å². The van der Waals surface area contributed by atoms with Crippen molar-refractivity contribution >= 4 is 5.96 Å². The SMILES string of the molecule is CN1CCCN=C1N[C@H]1C[C@@H]1c1ccccc1OC(F)F. The van der Waals surface area contributed by atoms with Crippen molar-refractivity contribution in [1.82, 2.24) is 10.2 Å². The summed E-state index contributed by atoms with van der Waals surface area (Å²) in [4.78, 5) is 6.57. The topological polar surface area (TPSA) is 36.9 Å². The zero-order chi connectivity index (χ0) is 14.8. The number of alkyl halides is 2. The lowest BCUT2D eigenvalue weighted by Gasteiger charge is -2.25. The third kappa shape index (κ3) is 3.25. The van der Waals surface area contributed by atoms with E-state index in [4.69, 9.17) is 0 Å². The highest BCUT2D eigenvalue weighted by atomic mass is 19.3. The Kier molecular flexibility index (Phi) is 3.94. The van der Waals surface area contributed by atoms with Gasteiger partial charge in [0.05, 0.1) is 0 Å². The number of benzene rings is 1. The van der Waals surface area contributed by atoms with Crippen molar-refractivity contribution in [2.24, 2.45) is 4.99 Å². The van der Waals surface area contributed by atoms with Gasteiger partial charge in [-0.2, -0.15) is 8.78 Å². The summed E-state index contributed by atoms with van der Waals surface area (Å²) in [7, 11) is 2.01. The van der Waals surface area contributed by atoms with Gasteiger partial charge in [-0.25, -0.2) is 0 Å². The van der Waals surface area contributed by atoms with Gasteiger partial charge < -0.3 is 15.0 Å².